The van der Waals surface area contributed by atoms with Gasteiger partial charge in [0, 0.05) is 5.56 Å². The van der Waals surface area contributed by atoms with E-state index in [-0.39, 0.29) is 6.07 Å². The zero-order valence-corrected chi connectivity index (χ0v) is 7.08. The summed E-state index contributed by atoms with van der Waals surface area (Å²) in [5, 5.41) is 0. The van der Waals surface area contributed by atoms with E-state index in [1.165, 1.54) is 0 Å². The number of benzene rings is 1. The van der Waals surface area contributed by atoms with E-state index >= 15 is 0 Å². The van der Waals surface area contributed by atoms with Gasteiger partial charge in [-0.1, -0.05) is 6.07 Å². The number of rotatable bonds is 1. The average Bonchev–Trinajstić information content (AvgIpc) is 2.07. The first-order valence-electron chi connectivity index (χ1n) is 3.66. The second-order valence-electron chi connectivity index (χ2n) is 2.81. The number of nitrogens with two attached hydrogens (primary N) is 1. The van der Waals surface area contributed by atoms with Gasteiger partial charge in [-0.05, 0) is 12.1 Å². The molecule has 0 fully saturated rings. The summed E-state index contributed by atoms with van der Waals surface area (Å²) >= 11 is 0. The third-order valence-electron chi connectivity index (χ3n) is 1.72. The van der Waals surface area contributed by atoms with Crippen LogP contribution in [0.3, 0.4) is 0 Å². The lowest BCUT2D eigenvalue weighted by Gasteiger charge is -2.19. The Balaban J connectivity index is 3.22. The van der Waals surface area contributed by atoms with Crippen LogP contribution >= 0.6 is 0 Å². The van der Waals surface area contributed by atoms with E-state index in [1.54, 1.807) is 0 Å². The number of alkyl halides is 5. The van der Waals surface area contributed by atoms with Gasteiger partial charge < -0.3 is 5.73 Å². The third kappa shape index (κ3) is 2.00. The van der Waals surface area contributed by atoms with Crippen molar-refractivity contribution in [2.75, 3.05) is 5.73 Å². The maximum atomic E-state index is 12.7. The lowest BCUT2D eigenvalue weighted by Crippen LogP contribution is -2.33. The summed E-state index contributed by atoms with van der Waals surface area (Å²) in [6.07, 6.45) is -5.75. The molecular weight excluding hydrogens is 224 g/mol. The summed E-state index contributed by atoms with van der Waals surface area (Å²) in [6, 6.07) is 1.17. The highest BCUT2D eigenvalue weighted by molar-refractivity contribution is 5.42. The van der Waals surface area contributed by atoms with E-state index in [9.17, 15) is 26.3 Å². The summed E-state index contributed by atoms with van der Waals surface area (Å²) < 4.78 is 73.5. The average molecular weight is 229 g/mol. The van der Waals surface area contributed by atoms with Crippen LogP contribution in [0.5, 0.6) is 0 Å². The van der Waals surface area contributed by atoms with E-state index in [2.05, 4.69) is 0 Å². The van der Waals surface area contributed by atoms with E-state index in [1.807, 2.05) is 0 Å². The Hall–Kier alpha value is -1.40. The first-order chi connectivity index (χ1) is 6.66. The minimum Gasteiger partial charge on any atom is -0.396 e. The van der Waals surface area contributed by atoms with E-state index < -0.39 is 29.2 Å². The third-order valence-corrected chi connectivity index (χ3v) is 1.72. The summed E-state index contributed by atoms with van der Waals surface area (Å²) in [5.41, 5.74) is 2.98. The molecule has 0 aromatic heterocycles. The molecule has 0 radical (unpaired) electrons. The molecule has 0 spiro atoms. The van der Waals surface area contributed by atoms with Gasteiger partial charge in [-0.3, -0.25) is 0 Å². The Morgan fingerprint density at radius 1 is 1.00 bits per heavy atom. The van der Waals surface area contributed by atoms with Gasteiger partial charge in [-0.2, -0.15) is 22.0 Å². The summed E-state index contributed by atoms with van der Waals surface area (Å²) in [7, 11) is 0. The zero-order valence-electron chi connectivity index (χ0n) is 7.08. The van der Waals surface area contributed by atoms with E-state index in [4.69, 9.17) is 5.73 Å². The number of hydrogen-bond donors (Lipinski definition) is 1. The molecule has 0 amide bonds. The molecule has 0 bridgehead atoms. The predicted octanol–water partition coefficient (Wildman–Crippen LogP) is 3.06. The van der Waals surface area contributed by atoms with Crippen LogP contribution < -0.4 is 5.73 Å². The number of nitrogen functional groups attached to an aromatic ring is 1. The lowest BCUT2D eigenvalue weighted by molar-refractivity contribution is -0.289. The second-order valence-corrected chi connectivity index (χ2v) is 2.81. The number of anilines is 1. The maximum Gasteiger partial charge on any atom is 0.458 e. The van der Waals surface area contributed by atoms with Crippen molar-refractivity contribution < 1.29 is 26.3 Å². The Morgan fingerprint density at radius 3 is 1.93 bits per heavy atom. The van der Waals surface area contributed by atoms with Crippen molar-refractivity contribution in [3.63, 3.8) is 0 Å². The largest absolute Gasteiger partial charge is 0.458 e. The van der Waals surface area contributed by atoms with Gasteiger partial charge >= 0.3 is 12.1 Å². The molecule has 0 heterocycles. The zero-order chi connectivity index (χ0) is 11.9. The van der Waals surface area contributed by atoms with Crippen LogP contribution in [0, 0.1) is 5.82 Å². The van der Waals surface area contributed by atoms with Crippen molar-refractivity contribution in [3.05, 3.63) is 29.6 Å². The van der Waals surface area contributed by atoms with Crippen molar-refractivity contribution in [1.29, 1.82) is 0 Å². The topological polar surface area (TPSA) is 26.0 Å². The maximum absolute atomic E-state index is 12.7. The van der Waals surface area contributed by atoms with Gasteiger partial charge in [0.2, 0.25) is 0 Å². The van der Waals surface area contributed by atoms with Crippen molar-refractivity contribution in [3.8, 4) is 0 Å². The molecule has 1 rings (SSSR count). The molecule has 1 nitrogen and oxygen atoms in total. The van der Waals surface area contributed by atoms with Gasteiger partial charge in [-0.15, -0.1) is 0 Å². The number of halogens is 6. The standard InChI is InChI=1S/C8H5F6N/c9-5-3-4(1-2-6(5)15)7(10,11)8(12,13)14/h1-3H,15H2. The van der Waals surface area contributed by atoms with Gasteiger partial charge in [-0.25, -0.2) is 4.39 Å². The molecule has 0 saturated heterocycles. The van der Waals surface area contributed by atoms with Crippen LogP contribution in [0.4, 0.5) is 32.0 Å². The summed E-state index contributed by atoms with van der Waals surface area (Å²) in [4.78, 5) is 0. The Kier molecular flexibility index (Phi) is 2.58. The Labute approximate surface area is 80.5 Å². The van der Waals surface area contributed by atoms with E-state index in [0.29, 0.717) is 12.1 Å². The smallest absolute Gasteiger partial charge is 0.396 e. The van der Waals surface area contributed by atoms with Crippen LogP contribution in [-0.2, 0) is 5.92 Å². The van der Waals surface area contributed by atoms with Gasteiger partial charge in [0.1, 0.15) is 5.82 Å². The molecule has 2 N–H and O–H groups in total. The molecule has 1 aromatic rings. The van der Waals surface area contributed by atoms with Gasteiger partial charge in [0.15, 0.2) is 0 Å². The molecule has 0 atom stereocenters. The van der Waals surface area contributed by atoms with Gasteiger partial charge in [0.25, 0.3) is 0 Å². The van der Waals surface area contributed by atoms with Crippen molar-refractivity contribution in [2.24, 2.45) is 0 Å². The number of hydrogen-bond acceptors (Lipinski definition) is 1. The monoisotopic (exact) mass is 229 g/mol. The van der Waals surface area contributed by atoms with Crippen LogP contribution in [0.1, 0.15) is 5.56 Å². The quantitative estimate of drug-likeness (QED) is 0.581. The molecule has 0 unspecified atom stereocenters. The van der Waals surface area contributed by atoms with Crippen molar-refractivity contribution in [2.45, 2.75) is 12.1 Å². The molecule has 0 aliphatic carbocycles. The predicted molar refractivity (Wildman–Crippen MR) is 40.8 cm³/mol. The fourth-order valence-corrected chi connectivity index (χ4v) is 0.886. The fraction of sp³-hybridized carbons (Fsp3) is 0.250. The van der Waals surface area contributed by atoms with Crippen LogP contribution in [0.2, 0.25) is 0 Å². The normalized spacial score (nSPS) is 12.9. The Morgan fingerprint density at radius 2 is 1.53 bits per heavy atom. The molecule has 0 aliphatic heterocycles. The Bertz CT molecular complexity index is 370. The van der Waals surface area contributed by atoms with Crippen molar-refractivity contribution in [1.82, 2.24) is 0 Å². The minimum absolute atomic E-state index is 0.0722. The lowest BCUT2D eigenvalue weighted by atomic mass is 10.1. The summed E-state index contributed by atoms with van der Waals surface area (Å²) in [6.45, 7) is 0. The summed E-state index contributed by atoms with van der Waals surface area (Å²) in [5.74, 6) is -6.39. The van der Waals surface area contributed by atoms with Crippen LogP contribution in [0.15, 0.2) is 18.2 Å². The first-order valence-corrected chi connectivity index (χ1v) is 3.66. The molecule has 84 valence electrons. The highest BCUT2D eigenvalue weighted by Crippen LogP contribution is 2.44. The molecular formula is C8H5F6N. The molecule has 15 heavy (non-hydrogen) atoms. The van der Waals surface area contributed by atoms with Gasteiger partial charge in [0.05, 0.1) is 5.69 Å². The molecule has 7 heteroatoms. The minimum atomic E-state index is -5.75. The highest BCUT2D eigenvalue weighted by atomic mass is 19.4. The first kappa shape index (κ1) is 11.7. The molecule has 0 saturated carbocycles. The van der Waals surface area contributed by atoms with Crippen LogP contribution in [0.25, 0.3) is 0 Å². The molecule has 1 aromatic carbocycles. The van der Waals surface area contributed by atoms with Crippen molar-refractivity contribution >= 4 is 5.69 Å². The molecule has 0 aliphatic rings. The van der Waals surface area contributed by atoms with Crippen LogP contribution in [-0.4, -0.2) is 6.18 Å². The van der Waals surface area contributed by atoms with E-state index in [0.717, 1.165) is 0 Å². The second kappa shape index (κ2) is 3.32. The highest BCUT2D eigenvalue weighted by Gasteiger charge is 2.58. The fourth-order valence-electron chi connectivity index (χ4n) is 0.886. The SMILES string of the molecule is Nc1ccc(C(F)(F)C(F)(F)F)cc1F.